The summed E-state index contributed by atoms with van der Waals surface area (Å²) in [6.07, 6.45) is 5.06. The second-order valence-corrected chi connectivity index (χ2v) is 7.57. The lowest BCUT2D eigenvalue weighted by Crippen LogP contribution is -2.37. The Bertz CT molecular complexity index is 853. The molecule has 0 unspecified atom stereocenters. The van der Waals surface area contributed by atoms with Crippen molar-refractivity contribution >= 4 is 35.8 Å². The molecule has 0 radical (unpaired) electrons. The number of aryl methyl sites for hydroxylation is 2. The third kappa shape index (κ3) is 6.69. The molecule has 1 aromatic heterocycles. The lowest BCUT2D eigenvalue weighted by molar-refractivity contribution is 0.0724. The van der Waals surface area contributed by atoms with Crippen LogP contribution in [0.15, 0.2) is 33.8 Å². The van der Waals surface area contributed by atoms with Crippen molar-refractivity contribution < 1.29 is 9.32 Å². The van der Waals surface area contributed by atoms with Gasteiger partial charge in [0.25, 0.3) is 5.91 Å². The molecule has 1 aromatic carbocycles. The van der Waals surface area contributed by atoms with Gasteiger partial charge in [-0.1, -0.05) is 31.1 Å². The molecule has 7 nitrogen and oxygen atoms in total. The topological polar surface area (TPSA) is 82.8 Å². The molecule has 8 heteroatoms. The number of hydrogen-bond acceptors (Lipinski definition) is 4. The summed E-state index contributed by atoms with van der Waals surface area (Å²) < 4.78 is 5.43. The van der Waals surface area contributed by atoms with Gasteiger partial charge in [0.1, 0.15) is 5.76 Å². The Morgan fingerprint density at radius 3 is 2.55 bits per heavy atom. The first-order valence-electron chi connectivity index (χ1n) is 10.9. The van der Waals surface area contributed by atoms with Crippen molar-refractivity contribution in [3.05, 3.63) is 52.4 Å². The first kappa shape index (κ1) is 25.2. The van der Waals surface area contributed by atoms with Crippen LogP contribution >= 0.6 is 24.0 Å². The number of aliphatic imine (C=N–C) groups is 1. The van der Waals surface area contributed by atoms with Gasteiger partial charge in [-0.25, -0.2) is 0 Å². The van der Waals surface area contributed by atoms with Gasteiger partial charge in [-0.15, -0.1) is 24.0 Å². The van der Waals surface area contributed by atoms with Crippen molar-refractivity contribution in [3.63, 3.8) is 0 Å². The van der Waals surface area contributed by atoms with Gasteiger partial charge in [0.2, 0.25) is 0 Å². The number of carbonyl (C=O) groups excluding carboxylic acids is 1. The van der Waals surface area contributed by atoms with Crippen LogP contribution in [-0.2, 0) is 25.9 Å². The van der Waals surface area contributed by atoms with Crippen LogP contribution in [0.25, 0.3) is 0 Å². The van der Waals surface area contributed by atoms with Crippen LogP contribution < -0.4 is 10.6 Å². The first-order valence-corrected chi connectivity index (χ1v) is 10.9. The number of aromatic nitrogens is 1. The Kier molecular flexibility index (Phi) is 10.3. The number of piperidine rings is 1. The van der Waals surface area contributed by atoms with E-state index in [1.165, 1.54) is 6.42 Å². The molecule has 1 fully saturated rings. The number of amides is 1. The van der Waals surface area contributed by atoms with Crippen molar-refractivity contribution in [1.82, 2.24) is 20.7 Å². The number of carbonyl (C=O) groups is 1. The van der Waals surface area contributed by atoms with Gasteiger partial charge >= 0.3 is 0 Å². The highest BCUT2D eigenvalue weighted by atomic mass is 127. The number of nitrogens with zero attached hydrogens (tertiary/aromatic N) is 3. The van der Waals surface area contributed by atoms with Gasteiger partial charge < -0.3 is 20.1 Å². The Morgan fingerprint density at radius 1 is 1.13 bits per heavy atom. The Balaban J connectivity index is 0.00000341. The quantitative estimate of drug-likeness (QED) is 0.317. The Hall–Kier alpha value is -2.10. The molecule has 2 heterocycles. The maximum absolute atomic E-state index is 12.8. The summed E-state index contributed by atoms with van der Waals surface area (Å²) >= 11 is 0. The zero-order valence-corrected chi connectivity index (χ0v) is 21.1. The van der Waals surface area contributed by atoms with Crippen LogP contribution in [0.1, 0.15) is 66.0 Å². The number of guanidine groups is 1. The SMILES string of the molecule is CCc1noc(CC)c1CNC(=NC)NCc1cccc(C(=O)N2CCCCC2)c1.I. The van der Waals surface area contributed by atoms with Gasteiger partial charge in [-0.05, 0) is 43.4 Å². The van der Waals surface area contributed by atoms with E-state index in [0.717, 1.165) is 66.9 Å². The zero-order valence-electron chi connectivity index (χ0n) is 18.7. The van der Waals surface area contributed by atoms with E-state index >= 15 is 0 Å². The van der Waals surface area contributed by atoms with Crippen LogP contribution in [0.2, 0.25) is 0 Å². The molecular formula is C23H34IN5O2. The van der Waals surface area contributed by atoms with E-state index in [9.17, 15) is 4.79 Å². The van der Waals surface area contributed by atoms with E-state index in [-0.39, 0.29) is 29.9 Å². The van der Waals surface area contributed by atoms with Crippen molar-refractivity contribution in [2.75, 3.05) is 20.1 Å². The molecular weight excluding hydrogens is 505 g/mol. The maximum atomic E-state index is 12.8. The summed E-state index contributed by atoms with van der Waals surface area (Å²) in [4.78, 5) is 19.0. The van der Waals surface area contributed by atoms with Gasteiger partial charge in [0, 0.05) is 50.8 Å². The zero-order chi connectivity index (χ0) is 21.3. The summed E-state index contributed by atoms with van der Waals surface area (Å²) in [5, 5.41) is 10.8. The molecule has 0 saturated carbocycles. The van der Waals surface area contributed by atoms with Crippen LogP contribution in [0, 0.1) is 0 Å². The lowest BCUT2D eigenvalue weighted by atomic mass is 10.1. The molecule has 1 saturated heterocycles. The fraction of sp³-hybridized carbons (Fsp3) is 0.522. The fourth-order valence-corrected chi connectivity index (χ4v) is 3.81. The van der Waals surface area contributed by atoms with Crippen LogP contribution in [0.3, 0.4) is 0 Å². The monoisotopic (exact) mass is 539 g/mol. The second-order valence-electron chi connectivity index (χ2n) is 7.57. The van der Waals surface area contributed by atoms with Crippen LogP contribution in [0.4, 0.5) is 0 Å². The third-order valence-corrected chi connectivity index (χ3v) is 5.54. The molecule has 2 aromatic rings. The number of hydrogen-bond donors (Lipinski definition) is 2. The fourth-order valence-electron chi connectivity index (χ4n) is 3.81. The van der Waals surface area contributed by atoms with E-state index in [0.29, 0.717) is 19.0 Å². The third-order valence-electron chi connectivity index (χ3n) is 5.54. The van der Waals surface area contributed by atoms with Crippen molar-refractivity contribution in [1.29, 1.82) is 0 Å². The molecule has 1 aliphatic rings. The largest absolute Gasteiger partial charge is 0.361 e. The van der Waals surface area contributed by atoms with Gasteiger partial charge in [0.15, 0.2) is 5.96 Å². The minimum atomic E-state index is 0. The highest BCUT2D eigenvalue weighted by molar-refractivity contribution is 14.0. The summed E-state index contributed by atoms with van der Waals surface area (Å²) in [7, 11) is 1.75. The Labute approximate surface area is 202 Å². The number of nitrogens with one attached hydrogen (secondary N) is 2. The molecule has 0 aliphatic carbocycles. The number of benzene rings is 1. The summed E-state index contributed by atoms with van der Waals surface area (Å²) in [6.45, 7) is 7.07. The Morgan fingerprint density at radius 2 is 1.87 bits per heavy atom. The normalized spacial score (nSPS) is 14.2. The first-order chi connectivity index (χ1) is 14.7. The summed E-state index contributed by atoms with van der Waals surface area (Å²) in [6, 6.07) is 7.85. The van der Waals surface area contributed by atoms with Crippen LogP contribution in [-0.4, -0.2) is 42.1 Å². The number of likely N-dealkylation sites (tertiary alicyclic amines) is 1. The van der Waals surface area contributed by atoms with Crippen molar-refractivity contribution in [3.8, 4) is 0 Å². The number of rotatable bonds is 7. The van der Waals surface area contributed by atoms with Crippen molar-refractivity contribution in [2.45, 2.75) is 59.0 Å². The van der Waals surface area contributed by atoms with E-state index in [4.69, 9.17) is 4.52 Å². The predicted octanol–water partition coefficient (Wildman–Crippen LogP) is 3.91. The second kappa shape index (κ2) is 12.7. The molecule has 0 atom stereocenters. The highest BCUT2D eigenvalue weighted by Crippen LogP contribution is 2.16. The highest BCUT2D eigenvalue weighted by Gasteiger charge is 2.18. The minimum absolute atomic E-state index is 0. The lowest BCUT2D eigenvalue weighted by Gasteiger charge is -2.26. The minimum Gasteiger partial charge on any atom is -0.361 e. The van der Waals surface area contributed by atoms with Gasteiger partial charge in [-0.2, -0.15) is 0 Å². The van der Waals surface area contributed by atoms with Crippen LogP contribution in [0.5, 0.6) is 0 Å². The van der Waals surface area contributed by atoms with Gasteiger partial charge in [0.05, 0.1) is 5.69 Å². The summed E-state index contributed by atoms with van der Waals surface area (Å²) in [5.41, 5.74) is 3.90. The molecule has 3 rings (SSSR count). The standard InChI is InChI=1S/C23H33N5O2.HI/c1-4-20-19(21(5-2)30-27-20)16-26-23(24-3)25-15-17-10-9-11-18(14-17)22(29)28-12-7-6-8-13-28;/h9-11,14H,4-8,12-13,15-16H2,1-3H3,(H2,24,25,26);1H. The maximum Gasteiger partial charge on any atom is 0.253 e. The molecule has 170 valence electrons. The van der Waals surface area contributed by atoms with E-state index in [1.807, 2.05) is 29.2 Å². The van der Waals surface area contributed by atoms with E-state index < -0.39 is 0 Å². The smallest absolute Gasteiger partial charge is 0.253 e. The molecule has 31 heavy (non-hydrogen) atoms. The molecule has 0 spiro atoms. The van der Waals surface area contributed by atoms with Gasteiger partial charge in [-0.3, -0.25) is 9.79 Å². The predicted molar refractivity (Wildman–Crippen MR) is 134 cm³/mol. The molecule has 1 aliphatic heterocycles. The molecule has 1 amide bonds. The molecule has 0 bridgehead atoms. The van der Waals surface area contributed by atoms with Crippen molar-refractivity contribution in [2.24, 2.45) is 4.99 Å². The number of halogens is 1. The van der Waals surface area contributed by atoms with E-state index in [1.54, 1.807) is 7.05 Å². The van der Waals surface area contributed by atoms with E-state index in [2.05, 4.69) is 34.6 Å². The summed E-state index contributed by atoms with van der Waals surface area (Å²) in [5.74, 6) is 1.75. The average molecular weight is 539 g/mol. The average Bonchev–Trinajstić information content (AvgIpc) is 3.21. The molecule has 2 N–H and O–H groups in total.